The van der Waals surface area contributed by atoms with Gasteiger partial charge in [-0.15, -0.1) is 5.10 Å². The maximum Gasteiger partial charge on any atom is 0.237 e. The number of hydrogen-bond acceptors (Lipinski definition) is 4. The number of rotatable bonds is 4. The Morgan fingerprint density at radius 2 is 2.04 bits per heavy atom. The number of H-pyrrole nitrogens is 1. The predicted molar refractivity (Wildman–Crippen MR) is 99.6 cm³/mol. The van der Waals surface area contributed by atoms with Crippen LogP contribution in [0.25, 0.3) is 11.4 Å². The molecule has 1 N–H and O–H groups in total. The van der Waals surface area contributed by atoms with Gasteiger partial charge in [0.25, 0.3) is 0 Å². The number of hydrogen-bond donors (Lipinski definition) is 1. The first-order chi connectivity index (χ1) is 12.6. The number of halogens is 1. The Morgan fingerprint density at radius 3 is 2.88 bits per heavy atom. The second-order valence-corrected chi connectivity index (χ2v) is 7.12. The number of aromatic nitrogens is 3. The molecule has 132 valence electrons. The topological polar surface area (TPSA) is 61.9 Å². The van der Waals surface area contributed by atoms with Crippen molar-refractivity contribution in [2.24, 2.45) is 0 Å². The van der Waals surface area contributed by atoms with Gasteiger partial charge in [-0.05, 0) is 37.1 Å². The van der Waals surface area contributed by atoms with Gasteiger partial charge in [-0.3, -0.25) is 9.89 Å². The molecule has 1 aromatic heterocycles. The highest BCUT2D eigenvalue weighted by molar-refractivity contribution is 7.99. The van der Waals surface area contributed by atoms with E-state index in [2.05, 4.69) is 21.2 Å². The van der Waals surface area contributed by atoms with Crippen LogP contribution in [-0.4, -0.2) is 32.9 Å². The fourth-order valence-electron chi connectivity index (χ4n) is 3.23. The lowest BCUT2D eigenvalue weighted by Gasteiger charge is -2.22. The molecule has 1 atom stereocenters. The number of anilines is 1. The van der Waals surface area contributed by atoms with Crippen LogP contribution in [0.15, 0.2) is 53.7 Å². The molecule has 7 heteroatoms. The van der Waals surface area contributed by atoms with Crippen molar-refractivity contribution in [3.8, 4) is 11.4 Å². The Balaban J connectivity index is 1.45. The summed E-state index contributed by atoms with van der Waals surface area (Å²) in [5, 5.41) is 7.25. The zero-order valence-electron chi connectivity index (χ0n) is 14.1. The van der Waals surface area contributed by atoms with Crippen LogP contribution in [-0.2, 0) is 11.2 Å². The van der Waals surface area contributed by atoms with E-state index in [4.69, 9.17) is 0 Å². The third-order valence-electron chi connectivity index (χ3n) is 4.39. The number of fused-ring (bicyclic) bond motifs is 1. The van der Waals surface area contributed by atoms with Crippen molar-refractivity contribution in [2.75, 3.05) is 10.7 Å². The molecule has 5 nitrogen and oxygen atoms in total. The summed E-state index contributed by atoms with van der Waals surface area (Å²) >= 11 is 1.25. The number of aromatic amines is 1. The molecule has 0 unspecified atom stereocenters. The maximum absolute atomic E-state index is 13.8. The Hall–Kier alpha value is -2.67. The average molecular weight is 368 g/mol. The van der Waals surface area contributed by atoms with Gasteiger partial charge in [0.15, 0.2) is 5.82 Å². The number of thioether (sulfide) groups is 1. The highest BCUT2D eigenvalue weighted by atomic mass is 32.2. The molecule has 4 rings (SSSR count). The lowest BCUT2D eigenvalue weighted by Crippen LogP contribution is -2.36. The van der Waals surface area contributed by atoms with E-state index in [1.165, 1.54) is 23.4 Å². The van der Waals surface area contributed by atoms with Gasteiger partial charge in [-0.25, -0.2) is 9.37 Å². The highest BCUT2D eigenvalue weighted by Gasteiger charge is 2.30. The van der Waals surface area contributed by atoms with Gasteiger partial charge in [0.05, 0.1) is 11.3 Å². The molecule has 0 spiro atoms. The third kappa shape index (κ3) is 3.10. The number of carbonyl (C=O) groups is 1. The SMILES string of the molecule is C[C@@H]1Cc2ccccc2N1C(=O)CSc1n[nH]c(-c2ccccc2F)n1. The molecule has 1 aliphatic heterocycles. The molecular formula is C19H17FN4OS. The minimum atomic E-state index is -0.362. The van der Waals surface area contributed by atoms with Crippen LogP contribution in [0, 0.1) is 5.82 Å². The first-order valence-electron chi connectivity index (χ1n) is 8.33. The predicted octanol–water partition coefficient (Wildman–Crippen LogP) is 3.68. The highest BCUT2D eigenvalue weighted by Crippen LogP contribution is 2.32. The third-order valence-corrected chi connectivity index (χ3v) is 5.23. The van der Waals surface area contributed by atoms with E-state index < -0.39 is 0 Å². The number of carbonyl (C=O) groups excluding carboxylic acids is 1. The van der Waals surface area contributed by atoms with Crippen LogP contribution in [0.1, 0.15) is 12.5 Å². The molecule has 0 aliphatic carbocycles. The zero-order valence-corrected chi connectivity index (χ0v) is 15.0. The van der Waals surface area contributed by atoms with Gasteiger partial charge < -0.3 is 4.90 Å². The quantitative estimate of drug-likeness (QED) is 0.714. The van der Waals surface area contributed by atoms with Crippen molar-refractivity contribution in [1.82, 2.24) is 15.2 Å². The molecule has 0 bridgehead atoms. The summed E-state index contributed by atoms with van der Waals surface area (Å²) in [6, 6.07) is 14.5. The molecule has 0 saturated heterocycles. The van der Waals surface area contributed by atoms with Crippen molar-refractivity contribution >= 4 is 23.4 Å². The Labute approximate surface area is 154 Å². The van der Waals surface area contributed by atoms with Crippen molar-refractivity contribution in [3.05, 3.63) is 59.9 Å². The minimum Gasteiger partial charge on any atom is -0.308 e. The molecule has 26 heavy (non-hydrogen) atoms. The van der Waals surface area contributed by atoms with E-state index >= 15 is 0 Å². The zero-order chi connectivity index (χ0) is 18.1. The summed E-state index contributed by atoms with van der Waals surface area (Å²) in [6.45, 7) is 2.05. The van der Waals surface area contributed by atoms with Crippen LogP contribution in [0.5, 0.6) is 0 Å². The number of para-hydroxylation sites is 1. The van der Waals surface area contributed by atoms with Crippen LogP contribution < -0.4 is 4.90 Å². The van der Waals surface area contributed by atoms with Crippen LogP contribution >= 0.6 is 11.8 Å². The number of benzene rings is 2. The summed E-state index contributed by atoms with van der Waals surface area (Å²) in [5.41, 5.74) is 2.53. The van der Waals surface area contributed by atoms with Gasteiger partial charge in [0.2, 0.25) is 11.1 Å². The van der Waals surface area contributed by atoms with E-state index in [0.717, 1.165) is 12.1 Å². The fourth-order valence-corrected chi connectivity index (χ4v) is 3.88. The van der Waals surface area contributed by atoms with E-state index in [1.807, 2.05) is 30.0 Å². The Bertz CT molecular complexity index is 958. The molecule has 0 fully saturated rings. The monoisotopic (exact) mass is 368 g/mol. The molecular weight excluding hydrogens is 351 g/mol. The standard InChI is InChI=1S/C19H17FN4OS/c1-12-10-13-6-2-5-9-16(13)24(12)17(25)11-26-19-21-18(22-23-19)14-7-3-4-8-15(14)20/h2-9,12H,10-11H2,1H3,(H,21,22,23)/t12-/m1/s1. The number of amides is 1. The first-order valence-corrected chi connectivity index (χ1v) is 9.32. The molecule has 0 radical (unpaired) electrons. The average Bonchev–Trinajstić information content (AvgIpc) is 3.23. The number of nitrogens with one attached hydrogen (secondary N) is 1. The van der Waals surface area contributed by atoms with E-state index in [9.17, 15) is 9.18 Å². The van der Waals surface area contributed by atoms with Gasteiger partial charge >= 0.3 is 0 Å². The lowest BCUT2D eigenvalue weighted by atomic mass is 10.1. The normalized spacial score (nSPS) is 15.9. The first kappa shape index (κ1) is 16.8. The molecule has 0 saturated carbocycles. The van der Waals surface area contributed by atoms with Crippen molar-refractivity contribution in [2.45, 2.75) is 24.5 Å². The second-order valence-electron chi connectivity index (χ2n) is 6.18. The van der Waals surface area contributed by atoms with Gasteiger partial charge in [-0.2, -0.15) is 0 Å². The minimum absolute atomic E-state index is 0.0182. The molecule has 1 aliphatic rings. The van der Waals surface area contributed by atoms with Crippen LogP contribution in [0.4, 0.5) is 10.1 Å². The second kappa shape index (κ2) is 6.92. The van der Waals surface area contributed by atoms with Gasteiger partial charge in [0.1, 0.15) is 5.82 Å². The fraction of sp³-hybridized carbons (Fsp3) is 0.211. The smallest absolute Gasteiger partial charge is 0.237 e. The summed E-state index contributed by atoms with van der Waals surface area (Å²) in [7, 11) is 0. The van der Waals surface area contributed by atoms with Crippen LogP contribution in [0.3, 0.4) is 0 Å². The largest absolute Gasteiger partial charge is 0.308 e. The summed E-state index contributed by atoms with van der Waals surface area (Å²) < 4.78 is 13.8. The Kier molecular flexibility index (Phi) is 4.46. The Morgan fingerprint density at radius 1 is 1.27 bits per heavy atom. The van der Waals surface area contributed by atoms with Crippen molar-refractivity contribution < 1.29 is 9.18 Å². The molecule has 2 heterocycles. The van der Waals surface area contributed by atoms with E-state index in [0.29, 0.717) is 16.5 Å². The van der Waals surface area contributed by atoms with Gasteiger partial charge in [0, 0.05) is 11.7 Å². The van der Waals surface area contributed by atoms with E-state index in [1.54, 1.807) is 18.2 Å². The summed E-state index contributed by atoms with van der Waals surface area (Å²) in [5.74, 6) is 0.245. The molecule has 2 aromatic carbocycles. The van der Waals surface area contributed by atoms with E-state index in [-0.39, 0.29) is 23.5 Å². The van der Waals surface area contributed by atoms with Crippen molar-refractivity contribution in [1.29, 1.82) is 0 Å². The maximum atomic E-state index is 13.8. The van der Waals surface area contributed by atoms with Gasteiger partial charge in [-0.1, -0.05) is 42.1 Å². The molecule has 1 amide bonds. The summed E-state index contributed by atoms with van der Waals surface area (Å²) in [4.78, 5) is 18.8. The molecule has 3 aromatic rings. The summed E-state index contributed by atoms with van der Waals surface area (Å²) in [6.07, 6.45) is 0.866. The number of nitrogens with zero attached hydrogens (tertiary/aromatic N) is 3. The lowest BCUT2D eigenvalue weighted by molar-refractivity contribution is -0.116. The van der Waals surface area contributed by atoms with Crippen LogP contribution in [0.2, 0.25) is 0 Å². The van der Waals surface area contributed by atoms with Crippen molar-refractivity contribution in [3.63, 3.8) is 0 Å².